The molecule has 0 atom stereocenters. The van der Waals surface area contributed by atoms with Crippen LogP contribution in [0, 0.1) is 6.92 Å². The minimum absolute atomic E-state index is 0.129. The number of hydrogen-bond acceptors (Lipinski definition) is 4. The van der Waals surface area contributed by atoms with Crippen LogP contribution in [0.4, 0.5) is 5.69 Å². The van der Waals surface area contributed by atoms with Gasteiger partial charge in [0.2, 0.25) is 5.91 Å². The monoisotopic (exact) mass is 322 g/mol. The van der Waals surface area contributed by atoms with E-state index in [0.29, 0.717) is 11.5 Å². The molecule has 0 aliphatic heterocycles. The lowest BCUT2D eigenvalue weighted by Crippen LogP contribution is -2.14. The van der Waals surface area contributed by atoms with Crippen LogP contribution in [0.1, 0.15) is 11.3 Å². The van der Waals surface area contributed by atoms with Gasteiger partial charge in [-0.3, -0.25) is 4.79 Å². The maximum Gasteiger partial charge on any atom is 0.230 e. The third kappa shape index (κ3) is 3.81. The number of methoxy groups -OCH3 is 1. The molecule has 3 aromatic rings. The fourth-order valence-electron chi connectivity index (χ4n) is 2.38. The van der Waals surface area contributed by atoms with Crippen LogP contribution in [0.3, 0.4) is 0 Å². The summed E-state index contributed by atoms with van der Waals surface area (Å²) < 4.78 is 10.5. The molecule has 1 N–H and O–H groups in total. The largest absolute Gasteiger partial charge is 0.497 e. The smallest absolute Gasteiger partial charge is 0.230 e. The van der Waals surface area contributed by atoms with E-state index in [9.17, 15) is 4.79 Å². The minimum atomic E-state index is -0.129. The van der Waals surface area contributed by atoms with Gasteiger partial charge in [0.15, 0.2) is 5.76 Å². The van der Waals surface area contributed by atoms with Crippen molar-refractivity contribution in [2.24, 2.45) is 0 Å². The molecule has 0 bridgehead atoms. The Morgan fingerprint density at radius 2 is 1.96 bits per heavy atom. The normalized spacial score (nSPS) is 10.4. The molecule has 0 aliphatic rings. The van der Waals surface area contributed by atoms with Gasteiger partial charge in [-0.2, -0.15) is 0 Å². The number of nitrogens with zero attached hydrogens (tertiary/aromatic N) is 1. The molecule has 0 radical (unpaired) electrons. The average molecular weight is 322 g/mol. The number of benzene rings is 2. The molecule has 0 saturated heterocycles. The Bertz CT molecular complexity index is 838. The van der Waals surface area contributed by atoms with Crippen LogP contribution in [0.15, 0.2) is 59.1 Å². The topological polar surface area (TPSA) is 64.4 Å². The van der Waals surface area contributed by atoms with Gasteiger partial charge < -0.3 is 14.6 Å². The Morgan fingerprint density at radius 3 is 2.67 bits per heavy atom. The van der Waals surface area contributed by atoms with Crippen LogP contribution in [0.5, 0.6) is 5.75 Å². The molecule has 122 valence electrons. The summed E-state index contributed by atoms with van der Waals surface area (Å²) in [6, 6.07) is 16.9. The lowest BCUT2D eigenvalue weighted by molar-refractivity contribution is -0.115. The molecule has 3 rings (SSSR count). The summed E-state index contributed by atoms with van der Waals surface area (Å²) in [7, 11) is 1.62. The van der Waals surface area contributed by atoms with Gasteiger partial charge in [-0.05, 0) is 48.9 Å². The Balaban J connectivity index is 1.65. The summed E-state index contributed by atoms with van der Waals surface area (Å²) in [5, 5.41) is 6.83. The van der Waals surface area contributed by atoms with Crippen molar-refractivity contribution in [3.8, 4) is 17.1 Å². The number of anilines is 1. The zero-order valence-electron chi connectivity index (χ0n) is 13.6. The van der Waals surface area contributed by atoms with Crippen LogP contribution in [0.25, 0.3) is 11.3 Å². The standard InChI is InChI=1S/C19H18N2O3/c1-13-4-3-5-15(10-13)20-19(22)12-16-11-18(24-21-16)14-6-8-17(23-2)9-7-14/h3-11H,12H2,1-2H3,(H,20,22). The predicted octanol–water partition coefficient (Wildman–Crippen LogP) is 3.84. The van der Waals surface area contributed by atoms with Crippen molar-refractivity contribution in [1.82, 2.24) is 5.16 Å². The van der Waals surface area contributed by atoms with E-state index in [1.165, 1.54) is 0 Å². The second-order valence-corrected chi connectivity index (χ2v) is 5.51. The summed E-state index contributed by atoms with van der Waals surface area (Å²) in [5.41, 5.74) is 3.34. The quantitative estimate of drug-likeness (QED) is 0.775. The second-order valence-electron chi connectivity index (χ2n) is 5.51. The Morgan fingerprint density at radius 1 is 1.17 bits per heavy atom. The molecule has 1 aromatic heterocycles. The summed E-state index contributed by atoms with van der Waals surface area (Å²) >= 11 is 0. The molecule has 0 spiro atoms. The molecule has 0 aliphatic carbocycles. The first-order valence-electron chi connectivity index (χ1n) is 7.60. The SMILES string of the molecule is COc1ccc(-c2cc(CC(=O)Nc3cccc(C)c3)no2)cc1. The van der Waals surface area contributed by atoms with Gasteiger partial charge in [0.05, 0.1) is 19.2 Å². The number of aromatic nitrogens is 1. The maximum atomic E-state index is 12.1. The van der Waals surface area contributed by atoms with Crippen molar-refractivity contribution >= 4 is 11.6 Å². The number of amides is 1. The van der Waals surface area contributed by atoms with E-state index in [1.807, 2.05) is 55.5 Å². The van der Waals surface area contributed by atoms with Gasteiger partial charge in [-0.1, -0.05) is 17.3 Å². The first-order valence-corrected chi connectivity index (χ1v) is 7.60. The molecule has 2 aromatic carbocycles. The maximum absolute atomic E-state index is 12.1. The molecule has 0 saturated carbocycles. The molecular weight excluding hydrogens is 304 g/mol. The fraction of sp³-hybridized carbons (Fsp3) is 0.158. The molecule has 1 amide bonds. The van der Waals surface area contributed by atoms with Gasteiger partial charge in [-0.15, -0.1) is 0 Å². The van der Waals surface area contributed by atoms with Crippen molar-refractivity contribution in [3.05, 3.63) is 65.9 Å². The second kappa shape index (κ2) is 7.00. The zero-order chi connectivity index (χ0) is 16.9. The van der Waals surface area contributed by atoms with Crippen molar-refractivity contribution in [2.75, 3.05) is 12.4 Å². The number of nitrogens with one attached hydrogen (secondary N) is 1. The molecule has 24 heavy (non-hydrogen) atoms. The predicted molar refractivity (Wildman–Crippen MR) is 92.0 cm³/mol. The number of aryl methyl sites for hydroxylation is 1. The molecule has 5 heteroatoms. The van der Waals surface area contributed by atoms with Crippen molar-refractivity contribution in [2.45, 2.75) is 13.3 Å². The Labute approximate surface area is 140 Å². The van der Waals surface area contributed by atoms with Crippen molar-refractivity contribution in [3.63, 3.8) is 0 Å². The third-order valence-electron chi connectivity index (χ3n) is 3.58. The van der Waals surface area contributed by atoms with Crippen LogP contribution in [0.2, 0.25) is 0 Å². The third-order valence-corrected chi connectivity index (χ3v) is 3.58. The number of carbonyl (C=O) groups excluding carboxylic acids is 1. The van der Waals surface area contributed by atoms with Gasteiger partial charge >= 0.3 is 0 Å². The van der Waals surface area contributed by atoms with Crippen LogP contribution >= 0.6 is 0 Å². The average Bonchev–Trinajstić information content (AvgIpc) is 3.03. The highest BCUT2D eigenvalue weighted by Gasteiger charge is 2.11. The zero-order valence-corrected chi connectivity index (χ0v) is 13.6. The van der Waals surface area contributed by atoms with Crippen LogP contribution in [-0.2, 0) is 11.2 Å². The van der Waals surface area contributed by atoms with E-state index < -0.39 is 0 Å². The van der Waals surface area contributed by atoms with Crippen molar-refractivity contribution < 1.29 is 14.1 Å². The summed E-state index contributed by atoms with van der Waals surface area (Å²) in [6.07, 6.45) is 0.160. The van der Waals surface area contributed by atoms with E-state index in [2.05, 4.69) is 10.5 Å². The molecule has 1 heterocycles. The van der Waals surface area contributed by atoms with Gasteiger partial charge in [-0.25, -0.2) is 0 Å². The highest BCUT2D eigenvalue weighted by atomic mass is 16.5. The van der Waals surface area contributed by atoms with E-state index in [1.54, 1.807) is 13.2 Å². The Hall–Kier alpha value is -3.08. The number of ether oxygens (including phenoxy) is 1. The lowest BCUT2D eigenvalue weighted by Gasteiger charge is -2.04. The fourth-order valence-corrected chi connectivity index (χ4v) is 2.38. The first kappa shape index (κ1) is 15.8. The van der Waals surface area contributed by atoms with Gasteiger partial charge in [0.25, 0.3) is 0 Å². The summed E-state index contributed by atoms with van der Waals surface area (Å²) in [6.45, 7) is 1.98. The molecule has 5 nitrogen and oxygen atoms in total. The van der Waals surface area contributed by atoms with E-state index in [0.717, 1.165) is 22.6 Å². The highest BCUT2D eigenvalue weighted by molar-refractivity contribution is 5.92. The summed E-state index contributed by atoms with van der Waals surface area (Å²) in [5.74, 6) is 1.27. The van der Waals surface area contributed by atoms with Gasteiger partial charge in [0, 0.05) is 17.3 Å². The van der Waals surface area contributed by atoms with E-state index in [-0.39, 0.29) is 12.3 Å². The molecular formula is C19H18N2O3. The minimum Gasteiger partial charge on any atom is -0.497 e. The van der Waals surface area contributed by atoms with E-state index in [4.69, 9.17) is 9.26 Å². The number of carbonyl (C=O) groups is 1. The van der Waals surface area contributed by atoms with Crippen LogP contribution < -0.4 is 10.1 Å². The van der Waals surface area contributed by atoms with E-state index >= 15 is 0 Å². The van der Waals surface area contributed by atoms with Gasteiger partial charge in [0.1, 0.15) is 5.75 Å². The Kier molecular flexibility index (Phi) is 4.61. The number of hydrogen-bond donors (Lipinski definition) is 1. The first-order chi connectivity index (χ1) is 11.6. The van der Waals surface area contributed by atoms with Crippen LogP contribution in [-0.4, -0.2) is 18.2 Å². The highest BCUT2D eigenvalue weighted by Crippen LogP contribution is 2.23. The van der Waals surface area contributed by atoms with Crippen molar-refractivity contribution in [1.29, 1.82) is 0 Å². The molecule has 0 unspecified atom stereocenters. The molecule has 0 fully saturated rings. The summed E-state index contributed by atoms with van der Waals surface area (Å²) in [4.78, 5) is 12.1. The number of rotatable bonds is 5. The lowest BCUT2D eigenvalue weighted by atomic mass is 10.1.